The zero-order valence-corrected chi connectivity index (χ0v) is 11.8. The minimum Gasteiger partial charge on any atom is -0.452 e. The van der Waals surface area contributed by atoms with Crippen LogP contribution in [0.5, 0.6) is 0 Å². The molecule has 2 aromatic rings. The molecule has 3 nitrogen and oxygen atoms in total. The molecule has 0 unspecified atom stereocenters. The molecule has 22 heavy (non-hydrogen) atoms. The summed E-state index contributed by atoms with van der Waals surface area (Å²) < 4.78 is 43.1. The van der Waals surface area contributed by atoms with Crippen LogP contribution in [0.4, 0.5) is 13.2 Å². The van der Waals surface area contributed by atoms with Gasteiger partial charge in [-0.1, -0.05) is 18.2 Å². The van der Waals surface area contributed by atoms with Gasteiger partial charge in [0.15, 0.2) is 6.10 Å². The van der Waals surface area contributed by atoms with E-state index < -0.39 is 24.2 Å². The molecule has 1 aromatic carbocycles. The number of carbonyl (C=O) groups is 1. The highest BCUT2D eigenvalue weighted by atomic mass is 19.4. The molecule has 3 rings (SSSR count). The molecular formula is C16H16F3NO2. The van der Waals surface area contributed by atoms with Gasteiger partial charge in [0.25, 0.3) is 0 Å². The number of fused-ring (bicyclic) bond motifs is 1. The molecule has 1 aromatic heterocycles. The lowest BCUT2D eigenvalue weighted by atomic mass is 10.1. The number of aryl methyl sites for hydroxylation is 1. The summed E-state index contributed by atoms with van der Waals surface area (Å²) in [5, 5.41) is 0.977. The zero-order valence-electron chi connectivity index (χ0n) is 11.8. The van der Waals surface area contributed by atoms with Crippen LogP contribution >= 0.6 is 0 Å². The van der Waals surface area contributed by atoms with Crippen LogP contribution < -0.4 is 0 Å². The van der Waals surface area contributed by atoms with E-state index >= 15 is 0 Å². The number of hydrogen-bond acceptors (Lipinski definition) is 2. The second-order valence-electron chi connectivity index (χ2n) is 5.65. The molecule has 1 saturated carbocycles. The van der Waals surface area contributed by atoms with Crippen LogP contribution in [-0.4, -0.2) is 23.2 Å². The number of hydrogen-bond donors (Lipinski definition) is 1. The summed E-state index contributed by atoms with van der Waals surface area (Å²) in [4.78, 5) is 14.8. The van der Waals surface area contributed by atoms with Gasteiger partial charge >= 0.3 is 12.1 Å². The zero-order chi connectivity index (χ0) is 15.7. The Morgan fingerprint density at radius 3 is 2.73 bits per heavy atom. The van der Waals surface area contributed by atoms with Crippen LogP contribution in [0.25, 0.3) is 10.9 Å². The van der Waals surface area contributed by atoms with Gasteiger partial charge in [-0.2, -0.15) is 13.2 Å². The van der Waals surface area contributed by atoms with E-state index in [9.17, 15) is 18.0 Å². The Morgan fingerprint density at radius 2 is 2.05 bits per heavy atom. The normalized spacial score (nSPS) is 16.7. The van der Waals surface area contributed by atoms with Crippen molar-refractivity contribution in [3.05, 3.63) is 36.0 Å². The molecular weight excluding hydrogens is 295 g/mol. The van der Waals surface area contributed by atoms with E-state index in [0.717, 1.165) is 16.5 Å². The number of aromatic amines is 1. The third kappa shape index (κ3) is 3.26. The average molecular weight is 311 g/mol. The Labute approximate surface area is 125 Å². The smallest absolute Gasteiger partial charge is 0.425 e. The first-order valence-corrected chi connectivity index (χ1v) is 7.26. The SMILES string of the molecule is O=C(CCc1c[nH]c2ccccc12)O[C@H](C1CC1)C(F)(F)F. The highest BCUT2D eigenvalue weighted by Crippen LogP contribution is 2.42. The number of ether oxygens (including phenoxy) is 1. The maximum absolute atomic E-state index is 12.8. The van der Waals surface area contributed by atoms with Gasteiger partial charge in [0.2, 0.25) is 0 Å². The van der Waals surface area contributed by atoms with Crippen molar-refractivity contribution >= 4 is 16.9 Å². The largest absolute Gasteiger partial charge is 0.452 e. The fraction of sp³-hybridized carbons (Fsp3) is 0.438. The van der Waals surface area contributed by atoms with E-state index in [2.05, 4.69) is 9.72 Å². The van der Waals surface area contributed by atoms with Gasteiger partial charge in [-0.3, -0.25) is 4.79 Å². The van der Waals surface area contributed by atoms with Crippen molar-refractivity contribution in [3.8, 4) is 0 Å². The van der Waals surface area contributed by atoms with Gasteiger partial charge in [0, 0.05) is 29.4 Å². The number of H-pyrrole nitrogens is 1. The fourth-order valence-corrected chi connectivity index (χ4v) is 2.60. The van der Waals surface area contributed by atoms with Gasteiger partial charge < -0.3 is 9.72 Å². The first-order chi connectivity index (χ1) is 10.4. The molecule has 1 atom stereocenters. The van der Waals surface area contributed by atoms with E-state index in [1.807, 2.05) is 24.3 Å². The lowest BCUT2D eigenvalue weighted by Crippen LogP contribution is -2.35. The molecule has 1 heterocycles. The predicted molar refractivity (Wildman–Crippen MR) is 75.3 cm³/mol. The molecule has 0 radical (unpaired) electrons. The van der Waals surface area contributed by atoms with E-state index in [1.165, 1.54) is 0 Å². The minimum atomic E-state index is -4.47. The molecule has 0 saturated heterocycles. The number of esters is 1. The van der Waals surface area contributed by atoms with E-state index in [0.29, 0.717) is 19.3 Å². The van der Waals surface area contributed by atoms with Crippen molar-refractivity contribution in [2.75, 3.05) is 0 Å². The summed E-state index contributed by atoms with van der Waals surface area (Å²) in [6.07, 6.45) is -3.39. The first-order valence-electron chi connectivity index (χ1n) is 7.26. The number of aromatic nitrogens is 1. The van der Waals surface area contributed by atoms with Crippen LogP contribution in [0.3, 0.4) is 0 Å². The Bertz CT molecular complexity index is 673. The van der Waals surface area contributed by atoms with E-state index in [-0.39, 0.29) is 6.42 Å². The van der Waals surface area contributed by atoms with Gasteiger partial charge in [-0.15, -0.1) is 0 Å². The summed E-state index contributed by atoms with van der Waals surface area (Å²) in [6, 6.07) is 7.59. The molecule has 6 heteroatoms. The number of alkyl halides is 3. The molecule has 1 aliphatic rings. The quantitative estimate of drug-likeness (QED) is 0.849. The van der Waals surface area contributed by atoms with Crippen molar-refractivity contribution < 1.29 is 22.7 Å². The maximum Gasteiger partial charge on any atom is 0.425 e. The molecule has 1 fully saturated rings. The number of nitrogens with one attached hydrogen (secondary N) is 1. The third-order valence-corrected chi connectivity index (χ3v) is 3.90. The minimum absolute atomic E-state index is 0.0544. The van der Waals surface area contributed by atoms with Gasteiger partial charge in [-0.25, -0.2) is 0 Å². The van der Waals surface area contributed by atoms with Gasteiger partial charge in [-0.05, 0) is 30.9 Å². The summed E-state index contributed by atoms with van der Waals surface area (Å²) >= 11 is 0. The Balaban J connectivity index is 1.60. The van der Waals surface area contributed by atoms with Crippen molar-refractivity contribution in [3.63, 3.8) is 0 Å². The molecule has 0 spiro atoms. The Kier molecular flexibility index (Phi) is 3.85. The lowest BCUT2D eigenvalue weighted by molar-refractivity contribution is -0.226. The lowest BCUT2D eigenvalue weighted by Gasteiger charge is -2.20. The molecule has 0 amide bonds. The highest BCUT2D eigenvalue weighted by Gasteiger charge is 2.51. The van der Waals surface area contributed by atoms with Crippen molar-refractivity contribution in [2.24, 2.45) is 5.92 Å². The topological polar surface area (TPSA) is 42.1 Å². The molecule has 0 bridgehead atoms. The highest BCUT2D eigenvalue weighted by molar-refractivity contribution is 5.83. The van der Waals surface area contributed by atoms with Crippen LogP contribution in [-0.2, 0) is 16.0 Å². The van der Waals surface area contributed by atoms with Crippen molar-refractivity contribution in [2.45, 2.75) is 38.0 Å². The first kappa shape index (κ1) is 14.9. The predicted octanol–water partition coefficient (Wildman–Crippen LogP) is 3.98. The molecule has 1 aliphatic carbocycles. The third-order valence-electron chi connectivity index (χ3n) is 3.90. The fourth-order valence-electron chi connectivity index (χ4n) is 2.60. The van der Waals surface area contributed by atoms with Crippen molar-refractivity contribution in [1.29, 1.82) is 0 Å². The average Bonchev–Trinajstić information content (AvgIpc) is 3.21. The number of rotatable bonds is 5. The van der Waals surface area contributed by atoms with Crippen molar-refractivity contribution in [1.82, 2.24) is 4.98 Å². The Hall–Kier alpha value is -1.98. The van der Waals surface area contributed by atoms with Gasteiger partial charge in [0.05, 0.1) is 0 Å². The number of benzene rings is 1. The standard InChI is InChI=1S/C16H16F3NO2/c17-16(18,19)15(10-5-6-10)22-14(21)8-7-11-9-20-13-4-2-1-3-12(11)13/h1-4,9-10,15,20H,5-8H2/t15-/m1/s1. The number of halogens is 3. The van der Waals surface area contributed by atoms with Crippen LogP contribution in [0.15, 0.2) is 30.5 Å². The van der Waals surface area contributed by atoms with E-state index in [4.69, 9.17) is 0 Å². The maximum atomic E-state index is 12.8. The van der Waals surface area contributed by atoms with E-state index in [1.54, 1.807) is 6.20 Å². The summed E-state index contributed by atoms with van der Waals surface area (Å²) in [5.74, 6) is -1.35. The summed E-state index contributed by atoms with van der Waals surface area (Å²) in [6.45, 7) is 0. The van der Waals surface area contributed by atoms with Crippen LogP contribution in [0.1, 0.15) is 24.8 Å². The summed E-state index contributed by atoms with van der Waals surface area (Å²) in [5.41, 5.74) is 1.85. The Morgan fingerprint density at radius 1 is 1.32 bits per heavy atom. The second kappa shape index (κ2) is 5.66. The second-order valence-corrected chi connectivity index (χ2v) is 5.65. The van der Waals surface area contributed by atoms with Crippen LogP contribution in [0, 0.1) is 5.92 Å². The number of para-hydroxylation sites is 1. The monoisotopic (exact) mass is 311 g/mol. The molecule has 0 aliphatic heterocycles. The molecule has 1 N–H and O–H groups in total. The summed E-state index contributed by atoms with van der Waals surface area (Å²) in [7, 11) is 0. The van der Waals surface area contributed by atoms with Gasteiger partial charge in [0.1, 0.15) is 0 Å². The molecule has 118 valence electrons. The number of carbonyl (C=O) groups excluding carboxylic acids is 1. The van der Waals surface area contributed by atoms with Crippen LogP contribution in [0.2, 0.25) is 0 Å².